The Morgan fingerprint density at radius 2 is 1.81 bits per heavy atom. The van der Waals surface area contributed by atoms with Gasteiger partial charge in [-0.2, -0.15) is 0 Å². The molecule has 1 heterocycles. The van der Waals surface area contributed by atoms with Crippen molar-refractivity contribution < 1.29 is 9.84 Å². The Morgan fingerprint density at radius 1 is 1.04 bits per heavy atom. The second-order valence-corrected chi connectivity index (χ2v) is 6.76. The molecule has 1 aromatic heterocycles. The van der Waals surface area contributed by atoms with E-state index in [-0.39, 0.29) is 6.61 Å². The number of hydrogen-bond acceptors (Lipinski definition) is 3. The molecule has 0 aliphatic rings. The van der Waals surface area contributed by atoms with E-state index in [2.05, 4.69) is 43.1 Å². The molecule has 3 aromatic carbocycles. The van der Waals surface area contributed by atoms with E-state index in [0.717, 1.165) is 27.6 Å². The van der Waals surface area contributed by atoms with Gasteiger partial charge in [-0.3, -0.25) is 0 Å². The van der Waals surface area contributed by atoms with E-state index >= 15 is 0 Å². The maximum Gasteiger partial charge on any atom is 0.127 e. The molecular formula is C22H22N2O2. The third-order valence-corrected chi connectivity index (χ3v) is 4.82. The molecule has 0 saturated heterocycles. The van der Waals surface area contributed by atoms with Crippen LogP contribution < -0.4 is 4.74 Å². The number of hydrogen-bond donors (Lipinski definition) is 1. The third kappa shape index (κ3) is 3.16. The number of benzene rings is 3. The number of aliphatic hydroxyl groups excluding tert-OH is 1. The fraction of sp³-hybridized carbons (Fsp3) is 0.227. The highest BCUT2D eigenvalue weighted by molar-refractivity contribution is 5.88. The van der Waals surface area contributed by atoms with Gasteiger partial charge in [-0.05, 0) is 48.6 Å². The molecule has 0 aliphatic carbocycles. The molecule has 0 spiro atoms. The highest BCUT2D eigenvalue weighted by Gasteiger charge is 2.11. The highest BCUT2D eigenvalue weighted by atomic mass is 16.5. The van der Waals surface area contributed by atoms with Crippen LogP contribution in [0.15, 0.2) is 60.9 Å². The van der Waals surface area contributed by atoms with Crippen molar-refractivity contribution in [3.05, 3.63) is 72.1 Å². The first-order valence-corrected chi connectivity index (χ1v) is 8.82. The molecule has 0 unspecified atom stereocenters. The maximum atomic E-state index is 10.5. The lowest BCUT2D eigenvalue weighted by Gasteiger charge is -2.15. The topological polar surface area (TPSA) is 47.3 Å². The maximum absolute atomic E-state index is 10.5. The molecule has 132 valence electrons. The number of aryl methyl sites for hydroxylation is 2. The lowest BCUT2D eigenvalue weighted by molar-refractivity contribution is 0.0942. The van der Waals surface area contributed by atoms with Crippen LogP contribution in [-0.2, 0) is 6.54 Å². The van der Waals surface area contributed by atoms with Gasteiger partial charge in [0.05, 0.1) is 23.9 Å². The Kier molecular flexibility index (Phi) is 4.35. The van der Waals surface area contributed by atoms with Gasteiger partial charge in [0.1, 0.15) is 18.5 Å². The van der Waals surface area contributed by atoms with Crippen LogP contribution in [0.3, 0.4) is 0 Å². The highest BCUT2D eigenvalue weighted by Crippen LogP contribution is 2.25. The summed E-state index contributed by atoms with van der Waals surface area (Å²) in [7, 11) is 0. The molecule has 0 fully saturated rings. The Balaban J connectivity index is 1.49. The van der Waals surface area contributed by atoms with Crippen molar-refractivity contribution in [2.24, 2.45) is 0 Å². The van der Waals surface area contributed by atoms with Gasteiger partial charge < -0.3 is 14.4 Å². The molecule has 0 radical (unpaired) electrons. The third-order valence-electron chi connectivity index (χ3n) is 4.82. The Labute approximate surface area is 152 Å². The zero-order chi connectivity index (χ0) is 18.1. The van der Waals surface area contributed by atoms with Gasteiger partial charge in [0.2, 0.25) is 0 Å². The van der Waals surface area contributed by atoms with Gasteiger partial charge in [-0.1, -0.05) is 36.4 Å². The van der Waals surface area contributed by atoms with Crippen molar-refractivity contribution >= 4 is 21.8 Å². The number of aliphatic hydroxyl groups is 1. The van der Waals surface area contributed by atoms with Crippen LogP contribution in [0, 0.1) is 13.8 Å². The van der Waals surface area contributed by atoms with Crippen LogP contribution in [0.25, 0.3) is 21.8 Å². The molecule has 4 rings (SSSR count). The zero-order valence-corrected chi connectivity index (χ0v) is 15.0. The van der Waals surface area contributed by atoms with Gasteiger partial charge in [-0.15, -0.1) is 0 Å². The minimum Gasteiger partial charge on any atom is -0.490 e. The number of aromatic nitrogens is 2. The summed E-state index contributed by atoms with van der Waals surface area (Å²) in [4.78, 5) is 4.44. The van der Waals surface area contributed by atoms with E-state index in [9.17, 15) is 5.11 Å². The summed E-state index contributed by atoms with van der Waals surface area (Å²) in [5.41, 5.74) is 4.44. The molecule has 26 heavy (non-hydrogen) atoms. The van der Waals surface area contributed by atoms with Crippen molar-refractivity contribution in [3.8, 4) is 5.75 Å². The molecule has 4 aromatic rings. The first kappa shape index (κ1) is 16.6. The second-order valence-electron chi connectivity index (χ2n) is 6.76. The first-order chi connectivity index (χ1) is 12.6. The van der Waals surface area contributed by atoms with E-state index in [1.165, 1.54) is 11.1 Å². The fourth-order valence-electron chi connectivity index (χ4n) is 3.25. The van der Waals surface area contributed by atoms with E-state index in [4.69, 9.17) is 4.74 Å². The van der Waals surface area contributed by atoms with Crippen LogP contribution in [0.4, 0.5) is 0 Å². The van der Waals surface area contributed by atoms with Crippen molar-refractivity contribution in [1.82, 2.24) is 9.55 Å². The van der Waals surface area contributed by atoms with Crippen LogP contribution in [0.1, 0.15) is 11.1 Å². The fourth-order valence-corrected chi connectivity index (χ4v) is 3.25. The average molecular weight is 346 g/mol. The van der Waals surface area contributed by atoms with Crippen LogP contribution >= 0.6 is 0 Å². The molecule has 1 N–H and O–H groups in total. The SMILES string of the molecule is Cc1cc2ncn(C[C@H](O)COc3cccc4ccccc34)c2cc1C. The van der Waals surface area contributed by atoms with E-state index < -0.39 is 6.10 Å². The van der Waals surface area contributed by atoms with Gasteiger partial charge in [0.15, 0.2) is 0 Å². The average Bonchev–Trinajstić information content (AvgIpc) is 3.02. The summed E-state index contributed by atoms with van der Waals surface area (Å²) < 4.78 is 7.89. The lowest BCUT2D eigenvalue weighted by Crippen LogP contribution is -2.23. The molecule has 4 nitrogen and oxygen atoms in total. The summed E-state index contributed by atoms with van der Waals surface area (Å²) in [5.74, 6) is 0.795. The van der Waals surface area contributed by atoms with Gasteiger partial charge >= 0.3 is 0 Å². The van der Waals surface area contributed by atoms with Crippen LogP contribution in [0.5, 0.6) is 5.75 Å². The Hall–Kier alpha value is -2.85. The minimum atomic E-state index is -0.618. The van der Waals surface area contributed by atoms with Crippen LogP contribution in [-0.4, -0.2) is 27.4 Å². The quantitative estimate of drug-likeness (QED) is 0.588. The monoisotopic (exact) mass is 346 g/mol. The minimum absolute atomic E-state index is 0.235. The van der Waals surface area contributed by atoms with Gasteiger partial charge in [0.25, 0.3) is 0 Å². The number of fused-ring (bicyclic) bond motifs is 2. The summed E-state index contributed by atoms with van der Waals surface area (Å²) in [6, 6.07) is 18.3. The summed E-state index contributed by atoms with van der Waals surface area (Å²) in [5, 5.41) is 12.7. The molecule has 0 aliphatic heterocycles. The zero-order valence-electron chi connectivity index (χ0n) is 15.0. The van der Waals surface area contributed by atoms with Crippen molar-refractivity contribution in [2.45, 2.75) is 26.5 Å². The number of rotatable bonds is 5. The van der Waals surface area contributed by atoms with E-state index in [1.807, 2.05) is 34.9 Å². The molecule has 0 bridgehead atoms. The lowest BCUT2D eigenvalue weighted by atomic mass is 10.1. The van der Waals surface area contributed by atoms with Crippen molar-refractivity contribution in [3.63, 3.8) is 0 Å². The summed E-state index contributed by atoms with van der Waals surface area (Å²) in [6.07, 6.45) is 1.16. The Morgan fingerprint density at radius 3 is 2.69 bits per heavy atom. The standard InChI is InChI=1S/C22H22N2O2/c1-15-10-20-21(11-16(15)2)24(14-23-20)12-18(25)13-26-22-9-5-7-17-6-3-4-8-19(17)22/h3-11,14,18,25H,12-13H2,1-2H3/t18-/m0/s1. The number of imidazole rings is 1. The first-order valence-electron chi connectivity index (χ1n) is 8.82. The molecular weight excluding hydrogens is 324 g/mol. The predicted octanol–water partition coefficient (Wildman–Crippen LogP) is 4.25. The summed E-state index contributed by atoms with van der Waals surface area (Å²) >= 11 is 0. The molecule has 4 heteroatoms. The van der Waals surface area contributed by atoms with E-state index in [0.29, 0.717) is 6.54 Å². The predicted molar refractivity (Wildman–Crippen MR) is 105 cm³/mol. The second kappa shape index (κ2) is 6.81. The summed E-state index contributed by atoms with van der Waals surface area (Å²) in [6.45, 7) is 4.86. The van der Waals surface area contributed by atoms with Crippen molar-refractivity contribution in [2.75, 3.05) is 6.61 Å². The molecule has 0 saturated carbocycles. The largest absolute Gasteiger partial charge is 0.490 e. The van der Waals surface area contributed by atoms with E-state index in [1.54, 1.807) is 6.33 Å². The smallest absolute Gasteiger partial charge is 0.127 e. The number of ether oxygens (including phenoxy) is 1. The number of nitrogens with zero attached hydrogens (tertiary/aromatic N) is 2. The normalized spacial score (nSPS) is 12.6. The van der Waals surface area contributed by atoms with Crippen molar-refractivity contribution in [1.29, 1.82) is 0 Å². The van der Waals surface area contributed by atoms with Gasteiger partial charge in [-0.25, -0.2) is 4.98 Å². The molecule has 1 atom stereocenters. The van der Waals surface area contributed by atoms with Crippen LogP contribution in [0.2, 0.25) is 0 Å². The molecule has 0 amide bonds. The Bertz CT molecular complexity index is 1060. The van der Waals surface area contributed by atoms with Gasteiger partial charge in [0, 0.05) is 5.39 Å².